The second kappa shape index (κ2) is 31.7. The van der Waals surface area contributed by atoms with Gasteiger partial charge in [-0.3, -0.25) is 9.59 Å². The lowest BCUT2D eigenvalue weighted by Gasteiger charge is -2.39. The molecule has 0 bridgehead atoms. The highest BCUT2D eigenvalue weighted by Crippen LogP contribution is 2.29. The lowest BCUT2D eigenvalue weighted by Crippen LogP contribution is -2.59. The highest BCUT2D eigenvalue weighted by molar-refractivity contribution is 5.90. The molecule has 358 valence electrons. The summed E-state index contributed by atoms with van der Waals surface area (Å²) < 4.78 is 18.7. The lowest BCUT2D eigenvalue weighted by molar-refractivity contribution is -0.142. The van der Waals surface area contributed by atoms with Gasteiger partial charge in [0.1, 0.15) is 6.17 Å². The second-order valence-electron chi connectivity index (χ2n) is 15.1. The number of primary amides is 2. The number of methoxy groups -OCH3 is 2. The Labute approximate surface area is 390 Å². The standard InChI is InChI=1S/C31H33N5O2.C9H17NO2.2C2H5NO2.2C2H4.C2H2/c1-20(2)13-30(37)36-11-12-38-18-29(36)31-33-17-28(35-31)22-5-3-21(4-6-22)23-7-8-25-15-26(10-9-24(25)14-23)27-16-32-19-34-27;1-8(2)7-9(11)10-3-5-12-6-4-10;2*1-5-2(3)4;3*1-2/h3-10,14-17,19-20,29,31,33,35H,11-13,18H2,1-2H3,(H,32,34);8H,3-7H2,1-2H3;2*1H3,(H2,3,4);2*1-2H2;1-2H/t29?,31-;;;;;;/m0....../s1. The lowest BCUT2D eigenvalue weighted by atomic mass is 9.98. The van der Waals surface area contributed by atoms with E-state index in [9.17, 15) is 19.2 Å². The van der Waals surface area contributed by atoms with Gasteiger partial charge in [0.2, 0.25) is 11.8 Å². The van der Waals surface area contributed by atoms with Crippen molar-refractivity contribution in [2.45, 2.75) is 52.7 Å². The largest absolute Gasteiger partial charge is 0.453 e. The Balaban J connectivity index is 0.000000639. The zero-order valence-corrected chi connectivity index (χ0v) is 39.4. The van der Waals surface area contributed by atoms with Crippen molar-refractivity contribution >= 4 is 40.5 Å². The Hall–Kier alpha value is -7.09. The Morgan fingerprint density at radius 2 is 1.23 bits per heavy atom. The van der Waals surface area contributed by atoms with Crippen molar-refractivity contribution in [3.63, 3.8) is 0 Å². The van der Waals surface area contributed by atoms with Crippen LogP contribution in [0.15, 0.2) is 106 Å². The number of carbonyl (C=O) groups excluding carboxylic acids is 4. The van der Waals surface area contributed by atoms with Crippen LogP contribution in [0.3, 0.4) is 0 Å². The number of hydrogen-bond acceptors (Lipinski definition) is 11. The number of ether oxygens (including phenoxy) is 4. The maximum atomic E-state index is 12.8. The summed E-state index contributed by atoms with van der Waals surface area (Å²) in [5.41, 5.74) is 15.5. The number of imidazole rings is 1. The zero-order valence-electron chi connectivity index (χ0n) is 39.4. The van der Waals surface area contributed by atoms with Crippen molar-refractivity contribution in [2.75, 3.05) is 60.3 Å². The molecule has 16 heteroatoms. The number of benzene rings is 3. The van der Waals surface area contributed by atoms with E-state index in [4.69, 9.17) is 9.47 Å². The van der Waals surface area contributed by atoms with Gasteiger partial charge >= 0.3 is 12.2 Å². The fourth-order valence-corrected chi connectivity index (χ4v) is 6.61. The van der Waals surface area contributed by atoms with Gasteiger partial charge in [-0.2, -0.15) is 0 Å². The van der Waals surface area contributed by atoms with Crippen molar-refractivity contribution < 1.29 is 38.1 Å². The third kappa shape index (κ3) is 19.3. The topological polar surface area (TPSA) is 216 Å². The predicted molar refractivity (Wildman–Crippen MR) is 263 cm³/mol. The molecule has 3 aliphatic rings. The minimum absolute atomic E-state index is 0.0468. The number of nitrogens with zero attached hydrogens (tertiary/aromatic N) is 3. The van der Waals surface area contributed by atoms with Crippen LogP contribution in [-0.2, 0) is 28.5 Å². The van der Waals surface area contributed by atoms with Gasteiger partial charge in [0, 0.05) is 44.2 Å². The van der Waals surface area contributed by atoms with Crippen LogP contribution in [0.5, 0.6) is 0 Å². The number of nitrogens with one attached hydrogen (secondary N) is 3. The molecule has 3 aromatic carbocycles. The Morgan fingerprint density at radius 1 is 0.742 bits per heavy atom. The molecule has 66 heavy (non-hydrogen) atoms. The van der Waals surface area contributed by atoms with Crippen LogP contribution >= 0.6 is 0 Å². The number of nitrogens with two attached hydrogens (primary N) is 2. The summed E-state index contributed by atoms with van der Waals surface area (Å²) in [4.78, 5) is 54.2. The number of terminal acetylenes is 1. The quantitative estimate of drug-likeness (QED) is 0.0883. The molecule has 3 aliphatic heterocycles. The number of amides is 4. The van der Waals surface area contributed by atoms with Crippen LogP contribution in [-0.4, -0.2) is 116 Å². The predicted octanol–water partition coefficient (Wildman–Crippen LogP) is 7.16. The van der Waals surface area contributed by atoms with Crippen molar-refractivity contribution in [1.29, 1.82) is 0 Å². The van der Waals surface area contributed by atoms with Gasteiger partial charge in [-0.05, 0) is 51.4 Å². The number of H-pyrrole nitrogens is 1. The zero-order chi connectivity index (χ0) is 49.6. The van der Waals surface area contributed by atoms with Gasteiger partial charge < -0.3 is 55.8 Å². The van der Waals surface area contributed by atoms with Crippen LogP contribution < -0.4 is 22.1 Å². The van der Waals surface area contributed by atoms with Gasteiger partial charge in [0.05, 0.1) is 70.6 Å². The molecule has 1 aromatic heterocycles. The number of aromatic nitrogens is 2. The summed E-state index contributed by atoms with van der Waals surface area (Å²) in [5.74, 6) is 1.26. The average molecular weight is 911 g/mol. The molecule has 1 unspecified atom stereocenters. The fourth-order valence-electron chi connectivity index (χ4n) is 6.61. The monoisotopic (exact) mass is 911 g/mol. The SMILES string of the molecule is C#C.C=C.C=C.CC(C)CC(=O)N1CCOCC1.CC(C)CC(=O)N1CCOCC1[C@H]1NC=C(c2ccc(-c3ccc4cc(-c5cnc[nH]5)ccc4c3)cc2)N1.COC(N)=O.COC(N)=O. The summed E-state index contributed by atoms with van der Waals surface area (Å²) in [6, 6.07) is 21.6. The molecule has 16 nitrogen and oxygen atoms in total. The van der Waals surface area contributed by atoms with Crippen LogP contribution in [0.1, 0.15) is 46.1 Å². The van der Waals surface area contributed by atoms with E-state index in [0.717, 1.165) is 35.6 Å². The number of fused-ring (bicyclic) bond motifs is 1. The number of morpholine rings is 2. The summed E-state index contributed by atoms with van der Waals surface area (Å²) in [6.45, 7) is 25.0. The van der Waals surface area contributed by atoms with E-state index in [1.54, 1.807) is 6.33 Å². The maximum Gasteiger partial charge on any atom is 0.404 e. The van der Waals surface area contributed by atoms with Crippen molar-refractivity contribution in [3.05, 3.63) is 111 Å². The van der Waals surface area contributed by atoms with Gasteiger partial charge in [-0.15, -0.1) is 39.2 Å². The molecule has 2 fully saturated rings. The fraction of sp³-hybridized carbons (Fsp3) is 0.380. The summed E-state index contributed by atoms with van der Waals surface area (Å²) in [5, 5.41) is 9.42. The maximum absolute atomic E-state index is 12.8. The average Bonchev–Trinajstić information content (AvgIpc) is 4.08. The van der Waals surface area contributed by atoms with E-state index in [1.807, 2.05) is 22.2 Å². The van der Waals surface area contributed by atoms with Crippen LogP contribution in [0, 0.1) is 24.7 Å². The van der Waals surface area contributed by atoms with E-state index in [2.05, 4.69) is 169 Å². The minimum Gasteiger partial charge on any atom is -0.453 e. The highest BCUT2D eigenvalue weighted by atomic mass is 16.5. The first-order valence-electron chi connectivity index (χ1n) is 21.4. The molecule has 0 spiro atoms. The number of aromatic amines is 1. The molecule has 2 saturated heterocycles. The normalized spacial score (nSPS) is 15.6. The summed E-state index contributed by atoms with van der Waals surface area (Å²) >= 11 is 0. The molecule has 7 N–H and O–H groups in total. The Bertz CT molecular complexity index is 2080. The molecule has 7 rings (SSSR count). The van der Waals surface area contributed by atoms with Crippen LogP contribution in [0.4, 0.5) is 9.59 Å². The van der Waals surface area contributed by atoms with E-state index in [1.165, 1.54) is 36.1 Å². The molecule has 4 amide bonds. The van der Waals surface area contributed by atoms with Crippen LogP contribution in [0.25, 0.3) is 38.9 Å². The summed E-state index contributed by atoms with van der Waals surface area (Å²) in [6.07, 6.45) is 13.2. The second-order valence-corrected chi connectivity index (χ2v) is 15.1. The molecule has 0 radical (unpaired) electrons. The molecular weight excluding hydrogens is 841 g/mol. The van der Waals surface area contributed by atoms with Gasteiger partial charge in [-0.1, -0.05) is 76.2 Å². The Morgan fingerprint density at radius 3 is 1.74 bits per heavy atom. The van der Waals surface area contributed by atoms with E-state index < -0.39 is 12.2 Å². The van der Waals surface area contributed by atoms with Crippen molar-refractivity contribution in [3.8, 4) is 35.2 Å². The smallest absolute Gasteiger partial charge is 0.404 e. The molecular formula is C50H70N8O8. The van der Waals surface area contributed by atoms with Gasteiger partial charge in [-0.25, -0.2) is 14.6 Å². The first-order chi connectivity index (χ1) is 31.8. The molecule has 0 aliphatic carbocycles. The van der Waals surface area contributed by atoms with Gasteiger partial charge in [0.25, 0.3) is 0 Å². The first kappa shape index (κ1) is 56.9. The minimum atomic E-state index is -0.745. The summed E-state index contributed by atoms with van der Waals surface area (Å²) in [7, 11) is 2.45. The number of rotatable bonds is 8. The van der Waals surface area contributed by atoms with E-state index >= 15 is 0 Å². The molecule has 0 saturated carbocycles. The third-order valence-corrected chi connectivity index (χ3v) is 9.70. The third-order valence-electron chi connectivity index (χ3n) is 9.70. The Kier molecular flexibility index (Phi) is 27.3. The molecule has 4 aromatic rings. The van der Waals surface area contributed by atoms with E-state index in [0.29, 0.717) is 57.6 Å². The molecule has 2 atom stereocenters. The number of hydrogen-bond donors (Lipinski definition) is 5. The molecule has 4 heterocycles. The first-order valence-corrected chi connectivity index (χ1v) is 21.4. The van der Waals surface area contributed by atoms with Crippen molar-refractivity contribution in [2.24, 2.45) is 23.3 Å². The highest BCUT2D eigenvalue weighted by Gasteiger charge is 2.35. The van der Waals surface area contributed by atoms with Crippen molar-refractivity contribution in [1.82, 2.24) is 30.4 Å². The van der Waals surface area contributed by atoms with Gasteiger partial charge in [0.15, 0.2) is 0 Å². The van der Waals surface area contributed by atoms with E-state index in [-0.39, 0.29) is 24.0 Å². The van der Waals surface area contributed by atoms with Crippen LogP contribution in [0.2, 0.25) is 0 Å². The number of carbonyl (C=O) groups is 4.